The zero-order chi connectivity index (χ0) is 60.7. The number of phosphoric acid groups is 1. The molecule has 3 unspecified atom stereocenters. The monoisotopic (exact) mass is 1190 g/mol. The van der Waals surface area contributed by atoms with Crippen molar-refractivity contribution in [3.63, 3.8) is 0 Å². The average molecular weight is 1190 g/mol. The maximum absolute atomic E-state index is 13.6. The number of nitrogens with zero attached hydrogens (tertiary/aromatic N) is 1. The summed E-state index contributed by atoms with van der Waals surface area (Å²) in [6, 6.07) is -0.886. The molecule has 0 saturated carbocycles. The molecule has 0 aromatic rings. The quantitative estimate of drug-likeness (QED) is 0.0212. The van der Waals surface area contributed by atoms with Crippen LogP contribution in [0.15, 0.2) is 36.5 Å². The van der Waals surface area contributed by atoms with Gasteiger partial charge in [-0.2, -0.15) is 0 Å². The van der Waals surface area contributed by atoms with Crippen LogP contribution in [0.3, 0.4) is 0 Å². The van der Waals surface area contributed by atoms with Crippen LogP contribution in [0.5, 0.6) is 0 Å². The van der Waals surface area contributed by atoms with Gasteiger partial charge in [-0.15, -0.1) is 0 Å². The lowest BCUT2D eigenvalue weighted by atomic mass is 10.0. The minimum atomic E-state index is -4.70. The first kappa shape index (κ1) is 81.2. The minimum Gasteiger partial charge on any atom is -0.756 e. The molecule has 83 heavy (non-hydrogen) atoms. The lowest BCUT2D eigenvalue weighted by Crippen LogP contribution is -2.47. The number of rotatable bonds is 67. The second kappa shape index (κ2) is 63.3. The number of hydrogen-bond acceptors (Lipinski definition) is 7. The van der Waals surface area contributed by atoms with Gasteiger partial charge in [-0.1, -0.05) is 308 Å². The summed E-state index contributed by atoms with van der Waals surface area (Å²) >= 11 is 0. The van der Waals surface area contributed by atoms with Crippen molar-refractivity contribution in [1.29, 1.82) is 0 Å². The van der Waals surface area contributed by atoms with Gasteiger partial charge in [0.2, 0.25) is 5.91 Å². The predicted octanol–water partition coefficient (Wildman–Crippen LogP) is 22.4. The van der Waals surface area contributed by atoms with E-state index in [4.69, 9.17) is 13.8 Å². The average Bonchev–Trinajstić information content (AvgIpc) is 3.51. The third-order valence-electron chi connectivity index (χ3n) is 16.5. The van der Waals surface area contributed by atoms with Crippen LogP contribution in [0.2, 0.25) is 0 Å². The molecule has 1 amide bonds. The Morgan fingerprint density at radius 2 is 0.699 bits per heavy atom. The second-order valence-corrected chi connectivity index (χ2v) is 27.5. The van der Waals surface area contributed by atoms with Gasteiger partial charge in [0.05, 0.1) is 33.8 Å². The molecule has 0 aliphatic heterocycles. The summed E-state index contributed by atoms with van der Waals surface area (Å²) in [7, 11) is 1.20. The molecule has 0 aromatic carbocycles. The Morgan fingerprint density at radius 3 is 1.02 bits per heavy atom. The Bertz CT molecular complexity index is 1510. The fourth-order valence-corrected chi connectivity index (χ4v) is 11.7. The first-order valence-corrected chi connectivity index (χ1v) is 37.8. The standard InChI is InChI=1S/C73H141N2O7P/c1-7-10-13-16-19-22-25-27-29-31-33-35-36-37-38-40-42-44-46-48-51-54-57-60-63-66-73(77)82-71(64-61-58-55-52-49-24-21-18-15-12-9-3)70(69-81-83(78,79)80-68-67-75(4,5)6)74-72(76)65-62-59-56-53-50-47-45-43-41-39-34-32-30-28-26-23-20-17-14-11-8-2/h27-30,61,64,70-71H,7-26,31-60,62-63,65-69H2,1-6H3,(H-,74,76,78,79)/b29-27+,30-28+,64-61+. The summed E-state index contributed by atoms with van der Waals surface area (Å²) in [4.78, 5) is 40.2. The molecule has 0 rings (SSSR count). The first-order valence-electron chi connectivity index (χ1n) is 36.3. The van der Waals surface area contributed by atoms with E-state index in [1.807, 2.05) is 33.3 Å². The highest BCUT2D eigenvalue weighted by molar-refractivity contribution is 7.45. The molecule has 0 aliphatic rings. The van der Waals surface area contributed by atoms with Crippen LogP contribution in [0.4, 0.5) is 0 Å². The Hall–Kier alpha value is -1.77. The highest BCUT2D eigenvalue weighted by Gasteiger charge is 2.27. The number of hydrogen-bond donors (Lipinski definition) is 1. The van der Waals surface area contributed by atoms with Crippen molar-refractivity contribution >= 4 is 19.7 Å². The van der Waals surface area contributed by atoms with Crippen molar-refractivity contribution in [3.05, 3.63) is 36.5 Å². The molecule has 0 saturated heterocycles. The number of phosphoric ester groups is 1. The minimum absolute atomic E-state index is 0.0197. The van der Waals surface area contributed by atoms with Gasteiger partial charge in [-0.25, -0.2) is 0 Å². The fourth-order valence-electron chi connectivity index (χ4n) is 10.9. The molecule has 0 aromatic heterocycles. The van der Waals surface area contributed by atoms with E-state index in [0.29, 0.717) is 17.4 Å². The van der Waals surface area contributed by atoms with Crippen molar-refractivity contribution < 1.29 is 37.3 Å². The zero-order valence-corrected chi connectivity index (χ0v) is 57.1. The van der Waals surface area contributed by atoms with Gasteiger partial charge in [0.1, 0.15) is 19.3 Å². The molecule has 490 valence electrons. The Labute approximate surface area is 516 Å². The molecule has 0 fully saturated rings. The molecule has 1 N–H and O–H groups in total. The molecular formula is C73H141N2O7P. The maximum Gasteiger partial charge on any atom is 0.306 e. The van der Waals surface area contributed by atoms with Crippen molar-refractivity contribution in [2.45, 2.75) is 380 Å². The number of esters is 1. The third-order valence-corrected chi connectivity index (χ3v) is 17.5. The van der Waals surface area contributed by atoms with Gasteiger partial charge in [0, 0.05) is 12.8 Å². The van der Waals surface area contributed by atoms with Crippen molar-refractivity contribution in [2.24, 2.45) is 0 Å². The number of carbonyl (C=O) groups is 2. The summed E-state index contributed by atoms with van der Waals surface area (Å²) in [6.45, 7) is 6.89. The van der Waals surface area contributed by atoms with Crippen molar-refractivity contribution in [2.75, 3.05) is 40.9 Å². The second-order valence-electron chi connectivity index (χ2n) is 26.1. The lowest BCUT2D eigenvalue weighted by Gasteiger charge is -2.30. The number of allylic oxidation sites excluding steroid dienone is 5. The van der Waals surface area contributed by atoms with Crippen LogP contribution in [0.25, 0.3) is 0 Å². The number of amides is 1. The van der Waals surface area contributed by atoms with Crippen LogP contribution in [-0.4, -0.2) is 69.4 Å². The van der Waals surface area contributed by atoms with Crippen LogP contribution in [0.1, 0.15) is 367 Å². The first-order chi connectivity index (χ1) is 40.4. The molecule has 0 spiro atoms. The molecule has 9 nitrogen and oxygen atoms in total. The van der Waals surface area contributed by atoms with Gasteiger partial charge >= 0.3 is 5.97 Å². The third kappa shape index (κ3) is 64.5. The van der Waals surface area contributed by atoms with E-state index in [-0.39, 0.29) is 31.5 Å². The van der Waals surface area contributed by atoms with E-state index in [0.717, 1.165) is 57.8 Å². The van der Waals surface area contributed by atoms with Crippen molar-refractivity contribution in [3.8, 4) is 0 Å². The molecular weight excluding hydrogens is 1050 g/mol. The molecule has 0 aliphatic carbocycles. The number of carbonyl (C=O) groups excluding carboxylic acids is 2. The highest BCUT2D eigenvalue weighted by atomic mass is 31.2. The number of nitrogens with one attached hydrogen (secondary N) is 1. The summed E-state index contributed by atoms with van der Waals surface area (Å²) in [5, 5.41) is 3.05. The van der Waals surface area contributed by atoms with Gasteiger partial charge in [0.15, 0.2) is 0 Å². The molecule has 10 heteroatoms. The highest BCUT2D eigenvalue weighted by Crippen LogP contribution is 2.38. The van der Waals surface area contributed by atoms with Crippen LogP contribution in [-0.2, 0) is 27.9 Å². The van der Waals surface area contributed by atoms with Crippen LogP contribution in [0, 0.1) is 0 Å². The van der Waals surface area contributed by atoms with Crippen LogP contribution >= 0.6 is 7.82 Å². The number of quaternary nitrogens is 1. The Balaban J connectivity index is 4.97. The molecule has 0 radical (unpaired) electrons. The zero-order valence-electron chi connectivity index (χ0n) is 56.2. The van der Waals surface area contributed by atoms with Crippen molar-refractivity contribution in [1.82, 2.24) is 5.32 Å². The summed E-state index contributed by atoms with van der Waals surface area (Å²) in [5.41, 5.74) is 0. The van der Waals surface area contributed by atoms with Gasteiger partial charge < -0.3 is 28.5 Å². The molecule has 0 heterocycles. The predicted molar refractivity (Wildman–Crippen MR) is 358 cm³/mol. The number of ether oxygens (including phenoxy) is 1. The summed E-state index contributed by atoms with van der Waals surface area (Å²) in [5.74, 6) is -0.523. The molecule has 3 atom stereocenters. The SMILES string of the molecule is CCCCCCCC/C=C/CCCCCCCCCCCCCCCCCC(=O)OC(/C=C/CCCCCCCCCCC)C(COP(=O)([O-])OCC[N+](C)(C)C)NC(=O)CCCCCCCCCCCCC/C=C/CCCCCCCC. The number of likely N-dealkylation sites (N-methyl/N-ethyl adjacent to an activating group) is 1. The Morgan fingerprint density at radius 1 is 0.410 bits per heavy atom. The van der Waals surface area contributed by atoms with E-state index >= 15 is 0 Å². The maximum atomic E-state index is 13.6. The number of unbranched alkanes of at least 4 members (excludes halogenated alkanes) is 47. The summed E-state index contributed by atoms with van der Waals surface area (Å²) < 4.78 is 30.4. The molecule has 0 bridgehead atoms. The van der Waals surface area contributed by atoms with E-state index < -0.39 is 20.0 Å². The van der Waals surface area contributed by atoms with Gasteiger partial charge in [-0.3, -0.25) is 14.2 Å². The van der Waals surface area contributed by atoms with E-state index in [2.05, 4.69) is 50.4 Å². The Kier molecular flexibility index (Phi) is 61.9. The van der Waals surface area contributed by atoms with E-state index in [9.17, 15) is 19.0 Å². The smallest absolute Gasteiger partial charge is 0.306 e. The topological polar surface area (TPSA) is 114 Å². The normalized spacial score (nSPS) is 13.7. The summed E-state index contributed by atoms with van der Waals surface area (Å²) in [6.07, 6.45) is 78.5. The van der Waals surface area contributed by atoms with E-state index in [1.54, 1.807) is 0 Å². The van der Waals surface area contributed by atoms with Gasteiger partial charge in [0.25, 0.3) is 7.82 Å². The largest absolute Gasteiger partial charge is 0.756 e. The fraction of sp³-hybridized carbons (Fsp3) is 0.890. The van der Waals surface area contributed by atoms with Gasteiger partial charge in [-0.05, 0) is 83.1 Å². The van der Waals surface area contributed by atoms with Crippen LogP contribution < -0.4 is 10.2 Å². The lowest BCUT2D eigenvalue weighted by molar-refractivity contribution is -0.870. The van der Waals surface area contributed by atoms with E-state index in [1.165, 1.54) is 276 Å².